The molecule has 0 saturated carbocycles. The van der Waals surface area contributed by atoms with Crippen LogP contribution < -0.4 is 10.5 Å². The molecule has 18 heavy (non-hydrogen) atoms. The third-order valence-corrected chi connectivity index (χ3v) is 4.32. The Labute approximate surface area is 108 Å². The minimum Gasteiger partial charge on any atom is -0.398 e. The van der Waals surface area contributed by atoms with Crippen LogP contribution in [-0.4, -0.2) is 28.2 Å². The molecule has 1 aromatic carbocycles. The molecule has 0 amide bonds. The molecule has 0 saturated heterocycles. The van der Waals surface area contributed by atoms with Crippen molar-refractivity contribution < 1.29 is 13.2 Å². The second-order valence-corrected chi connectivity index (χ2v) is 5.75. The lowest BCUT2D eigenvalue weighted by Crippen LogP contribution is -2.28. The molecule has 102 valence electrons. The van der Waals surface area contributed by atoms with Gasteiger partial charge in [0, 0.05) is 18.8 Å². The molecule has 0 fully saturated rings. The third kappa shape index (κ3) is 3.44. The van der Waals surface area contributed by atoms with Crippen molar-refractivity contribution in [1.29, 1.82) is 0 Å². The van der Waals surface area contributed by atoms with Crippen molar-refractivity contribution in [3.05, 3.63) is 23.3 Å². The van der Waals surface area contributed by atoms with Crippen molar-refractivity contribution in [3.8, 4) is 0 Å². The summed E-state index contributed by atoms with van der Waals surface area (Å²) in [5.41, 5.74) is 7.81. The number of nitrogens with two attached hydrogens (primary N) is 1. The Morgan fingerprint density at radius 3 is 2.61 bits per heavy atom. The first-order valence-electron chi connectivity index (χ1n) is 5.83. The number of nitrogen functional groups attached to an aromatic ring is 1. The number of hydrogen-bond acceptors (Lipinski definition) is 4. The van der Waals surface area contributed by atoms with Crippen molar-refractivity contribution in [1.82, 2.24) is 4.72 Å². The molecule has 0 heterocycles. The average molecular weight is 272 g/mol. The van der Waals surface area contributed by atoms with Gasteiger partial charge < -0.3 is 10.5 Å². The second-order valence-electron chi connectivity index (χ2n) is 4.01. The van der Waals surface area contributed by atoms with E-state index in [-0.39, 0.29) is 11.4 Å². The number of nitrogens with one attached hydrogen (secondary N) is 1. The molecule has 0 aromatic heterocycles. The molecular weight excluding hydrogens is 252 g/mol. The molecule has 0 atom stereocenters. The molecular formula is C12H20N2O3S. The average Bonchev–Trinajstić information content (AvgIpc) is 2.31. The van der Waals surface area contributed by atoms with E-state index in [1.54, 1.807) is 19.1 Å². The van der Waals surface area contributed by atoms with E-state index in [2.05, 4.69) is 4.72 Å². The van der Waals surface area contributed by atoms with Gasteiger partial charge in [0.05, 0.1) is 11.5 Å². The van der Waals surface area contributed by atoms with E-state index < -0.39 is 10.0 Å². The number of sulfonamides is 1. The lowest BCUT2D eigenvalue weighted by atomic mass is 10.1. The summed E-state index contributed by atoms with van der Waals surface area (Å²) in [7, 11) is -3.52. The largest absolute Gasteiger partial charge is 0.398 e. The smallest absolute Gasteiger partial charge is 0.240 e. The van der Waals surface area contributed by atoms with Gasteiger partial charge in [-0.3, -0.25) is 0 Å². The van der Waals surface area contributed by atoms with Crippen LogP contribution in [0.1, 0.15) is 18.1 Å². The summed E-state index contributed by atoms with van der Waals surface area (Å²) in [6.07, 6.45) is 0. The van der Waals surface area contributed by atoms with Crippen molar-refractivity contribution in [2.75, 3.05) is 25.5 Å². The minimum absolute atomic E-state index is 0.224. The number of rotatable bonds is 6. The normalized spacial score (nSPS) is 11.7. The quantitative estimate of drug-likeness (QED) is 0.602. The molecule has 0 aliphatic heterocycles. The van der Waals surface area contributed by atoms with Gasteiger partial charge in [0.2, 0.25) is 10.0 Å². The van der Waals surface area contributed by atoms with Crippen LogP contribution in [-0.2, 0) is 14.8 Å². The maximum atomic E-state index is 12.1. The fourth-order valence-electron chi connectivity index (χ4n) is 1.61. The van der Waals surface area contributed by atoms with Gasteiger partial charge in [-0.1, -0.05) is 6.07 Å². The minimum atomic E-state index is -3.52. The maximum Gasteiger partial charge on any atom is 0.240 e. The highest BCUT2D eigenvalue weighted by atomic mass is 32.2. The molecule has 6 heteroatoms. The molecule has 0 aliphatic carbocycles. The van der Waals surface area contributed by atoms with Crippen molar-refractivity contribution in [3.63, 3.8) is 0 Å². The fourth-order valence-corrected chi connectivity index (χ4v) is 2.87. The highest BCUT2D eigenvalue weighted by Crippen LogP contribution is 2.23. The predicted octanol–water partition coefficient (Wildman–Crippen LogP) is 1.20. The summed E-state index contributed by atoms with van der Waals surface area (Å²) in [5, 5.41) is 0. The van der Waals surface area contributed by atoms with Crippen LogP contribution in [0.4, 0.5) is 5.69 Å². The third-order valence-electron chi connectivity index (χ3n) is 2.72. The summed E-state index contributed by atoms with van der Waals surface area (Å²) in [6, 6.07) is 3.28. The van der Waals surface area contributed by atoms with E-state index in [4.69, 9.17) is 10.5 Å². The zero-order valence-electron chi connectivity index (χ0n) is 11.0. The van der Waals surface area contributed by atoms with Gasteiger partial charge in [0.25, 0.3) is 0 Å². The van der Waals surface area contributed by atoms with Gasteiger partial charge in [0.15, 0.2) is 0 Å². The molecule has 0 spiro atoms. The zero-order chi connectivity index (χ0) is 13.8. The van der Waals surface area contributed by atoms with Crippen LogP contribution in [0.2, 0.25) is 0 Å². The first kappa shape index (κ1) is 14.9. The van der Waals surface area contributed by atoms with Crippen molar-refractivity contribution in [2.45, 2.75) is 25.7 Å². The highest BCUT2D eigenvalue weighted by molar-refractivity contribution is 7.89. The molecule has 1 aromatic rings. The molecule has 0 unspecified atom stereocenters. The SMILES string of the molecule is CCOCCNS(=O)(=O)c1ccc(C)c(N)c1C. The van der Waals surface area contributed by atoms with E-state index in [0.29, 0.717) is 24.5 Å². The number of hydrogen-bond donors (Lipinski definition) is 2. The van der Waals surface area contributed by atoms with Crippen LogP contribution in [0.15, 0.2) is 17.0 Å². The second kappa shape index (κ2) is 6.17. The van der Waals surface area contributed by atoms with Gasteiger partial charge in [-0.2, -0.15) is 0 Å². The Kier molecular flexibility index (Phi) is 5.13. The number of anilines is 1. The molecule has 3 N–H and O–H groups in total. The molecule has 0 bridgehead atoms. The number of ether oxygens (including phenoxy) is 1. The van der Waals surface area contributed by atoms with Gasteiger partial charge in [-0.05, 0) is 38.0 Å². The Bertz CT molecular complexity index is 512. The van der Waals surface area contributed by atoms with Crippen LogP contribution in [0.25, 0.3) is 0 Å². The van der Waals surface area contributed by atoms with Crippen LogP contribution in [0, 0.1) is 13.8 Å². The lowest BCUT2D eigenvalue weighted by Gasteiger charge is -2.12. The topological polar surface area (TPSA) is 81.4 Å². The van der Waals surface area contributed by atoms with Crippen LogP contribution in [0.5, 0.6) is 0 Å². The number of aryl methyl sites for hydroxylation is 1. The summed E-state index contributed by atoms with van der Waals surface area (Å²) in [4.78, 5) is 0.224. The summed E-state index contributed by atoms with van der Waals surface area (Å²) in [6.45, 7) is 6.59. The van der Waals surface area contributed by atoms with Crippen molar-refractivity contribution >= 4 is 15.7 Å². The maximum absolute atomic E-state index is 12.1. The summed E-state index contributed by atoms with van der Waals surface area (Å²) >= 11 is 0. The van der Waals surface area contributed by atoms with Gasteiger partial charge in [0.1, 0.15) is 0 Å². The van der Waals surface area contributed by atoms with Gasteiger partial charge in [-0.25, -0.2) is 13.1 Å². The summed E-state index contributed by atoms with van der Waals surface area (Å²) < 4.78 is 31.7. The monoisotopic (exact) mass is 272 g/mol. The van der Waals surface area contributed by atoms with E-state index in [9.17, 15) is 8.42 Å². The van der Waals surface area contributed by atoms with E-state index in [0.717, 1.165) is 5.56 Å². The van der Waals surface area contributed by atoms with Gasteiger partial charge >= 0.3 is 0 Å². The van der Waals surface area contributed by atoms with Crippen LogP contribution >= 0.6 is 0 Å². The van der Waals surface area contributed by atoms with Gasteiger partial charge in [-0.15, -0.1) is 0 Å². The highest BCUT2D eigenvalue weighted by Gasteiger charge is 2.18. The lowest BCUT2D eigenvalue weighted by molar-refractivity contribution is 0.153. The Hall–Kier alpha value is -1.11. The molecule has 0 radical (unpaired) electrons. The predicted molar refractivity (Wildman–Crippen MR) is 72.0 cm³/mol. The van der Waals surface area contributed by atoms with E-state index in [1.165, 1.54) is 0 Å². The zero-order valence-corrected chi connectivity index (χ0v) is 11.8. The van der Waals surface area contributed by atoms with E-state index >= 15 is 0 Å². The van der Waals surface area contributed by atoms with E-state index in [1.807, 2.05) is 13.8 Å². The first-order chi connectivity index (χ1) is 8.40. The Morgan fingerprint density at radius 2 is 2.00 bits per heavy atom. The molecule has 1 rings (SSSR count). The standard InChI is InChI=1S/C12H20N2O3S/c1-4-17-8-7-14-18(15,16)11-6-5-9(2)12(13)10(11)3/h5-6,14H,4,7-8,13H2,1-3H3. The Morgan fingerprint density at radius 1 is 1.33 bits per heavy atom. The fraction of sp³-hybridized carbons (Fsp3) is 0.500. The number of benzene rings is 1. The summed E-state index contributed by atoms with van der Waals surface area (Å²) in [5.74, 6) is 0. The van der Waals surface area contributed by atoms with Crippen molar-refractivity contribution in [2.24, 2.45) is 0 Å². The first-order valence-corrected chi connectivity index (χ1v) is 7.31. The molecule has 0 aliphatic rings. The molecule has 5 nitrogen and oxygen atoms in total. The van der Waals surface area contributed by atoms with Crippen LogP contribution in [0.3, 0.4) is 0 Å². The Balaban J connectivity index is 2.89.